The first-order valence-electron chi connectivity index (χ1n) is 11.8. The first-order valence-corrected chi connectivity index (χ1v) is 12.2. The van der Waals surface area contributed by atoms with Crippen LogP contribution in [0.5, 0.6) is 6.01 Å². The van der Waals surface area contributed by atoms with Gasteiger partial charge in [0.05, 0.1) is 29.4 Å². The minimum absolute atomic E-state index is 0.249. The third-order valence-electron chi connectivity index (χ3n) is 5.92. The lowest BCUT2D eigenvalue weighted by Crippen LogP contribution is -2.34. The Hall–Kier alpha value is -3.41. The van der Waals surface area contributed by atoms with Crippen LogP contribution in [0.3, 0.4) is 0 Å². The van der Waals surface area contributed by atoms with E-state index in [0.29, 0.717) is 34.5 Å². The van der Waals surface area contributed by atoms with E-state index in [-0.39, 0.29) is 24.9 Å². The molecule has 4 aromatic rings. The van der Waals surface area contributed by atoms with E-state index in [0.717, 1.165) is 16.7 Å². The number of aliphatic hydroxyl groups is 1. The number of halogens is 1. The molecule has 2 fully saturated rings. The Bertz CT molecular complexity index is 1310. The van der Waals surface area contributed by atoms with E-state index in [4.69, 9.17) is 25.8 Å². The highest BCUT2D eigenvalue weighted by Gasteiger charge is 2.48. The number of H-pyrrole nitrogens is 1. The molecule has 2 aromatic carbocycles. The number of ether oxygens (including phenoxy) is 3. The first kappa shape index (κ1) is 25.7. The van der Waals surface area contributed by atoms with Crippen LogP contribution < -0.4 is 4.74 Å². The molecular weight excluding hydrogens is 478 g/mol. The SMILES string of the molecule is C#C.CC.O[C@@H]1CO[C@H]2[C@@H]1OC[C@H]2Oc1nc2nc(-c3ccc(-c4ccccc4)cc3)c(Cl)cc2[nH]1. The van der Waals surface area contributed by atoms with Gasteiger partial charge >= 0.3 is 0 Å². The smallest absolute Gasteiger partial charge is 0.296 e. The van der Waals surface area contributed by atoms with Gasteiger partial charge in [-0.15, -0.1) is 12.8 Å². The van der Waals surface area contributed by atoms with E-state index in [9.17, 15) is 5.11 Å². The van der Waals surface area contributed by atoms with E-state index >= 15 is 0 Å². The Morgan fingerprint density at radius 2 is 1.56 bits per heavy atom. The summed E-state index contributed by atoms with van der Waals surface area (Å²) >= 11 is 6.54. The standard InChI is InChI=1S/C24H20ClN3O4.C2H6.C2H2/c25-16-10-17-23(28-24(26-17)32-19-12-31-21-18(29)11-30-22(19)21)27-20(16)15-8-6-14(7-9-15)13-4-2-1-3-5-13;2*1-2/h1-10,18-19,21-22,29H,11-12H2,(H,26,27,28);1-2H3;1-2H/t18-,19-,21-,22-;;/m1../s1. The van der Waals surface area contributed by atoms with Crippen molar-refractivity contribution in [3.8, 4) is 41.2 Å². The number of aromatic amines is 1. The summed E-state index contributed by atoms with van der Waals surface area (Å²) in [5.74, 6) is 0. The Balaban J connectivity index is 0.000000726. The van der Waals surface area contributed by atoms with Crippen molar-refractivity contribution in [3.05, 3.63) is 65.7 Å². The number of aliphatic hydroxyl groups excluding tert-OH is 1. The maximum Gasteiger partial charge on any atom is 0.296 e. The molecule has 4 atom stereocenters. The number of fused-ring (bicyclic) bond motifs is 2. The van der Waals surface area contributed by atoms with Crippen molar-refractivity contribution < 1.29 is 19.3 Å². The predicted octanol–water partition coefficient (Wildman–Crippen LogP) is 5.13. The van der Waals surface area contributed by atoms with Gasteiger partial charge in [0, 0.05) is 5.56 Å². The number of benzene rings is 2. The van der Waals surface area contributed by atoms with E-state index in [1.54, 1.807) is 6.07 Å². The zero-order valence-electron chi connectivity index (χ0n) is 20.1. The summed E-state index contributed by atoms with van der Waals surface area (Å²) in [6.45, 7) is 4.58. The van der Waals surface area contributed by atoms with Crippen LogP contribution in [-0.4, -0.2) is 57.7 Å². The number of terminal acetylenes is 1. The second-order valence-electron chi connectivity index (χ2n) is 7.99. The average Bonchev–Trinajstić information content (AvgIpc) is 3.63. The minimum atomic E-state index is -0.624. The fraction of sp³-hybridized carbons (Fsp3) is 0.286. The van der Waals surface area contributed by atoms with Crippen molar-refractivity contribution >= 4 is 22.8 Å². The largest absolute Gasteiger partial charge is 0.456 e. The summed E-state index contributed by atoms with van der Waals surface area (Å²) in [6, 6.07) is 20.4. The van der Waals surface area contributed by atoms with Gasteiger partial charge in [0.15, 0.2) is 11.8 Å². The second kappa shape index (κ2) is 11.5. The monoisotopic (exact) mass is 505 g/mol. The van der Waals surface area contributed by atoms with Gasteiger partial charge in [0.25, 0.3) is 6.01 Å². The van der Waals surface area contributed by atoms with Gasteiger partial charge < -0.3 is 24.3 Å². The molecule has 0 amide bonds. The number of hydrogen-bond donors (Lipinski definition) is 2. The van der Waals surface area contributed by atoms with Crippen molar-refractivity contribution in [2.24, 2.45) is 0 Å². The molecule has 0 spiro atoms. The summed E-state index contributed by atoms with van der Waals surface area (Å²) in [6.07, 6.45) is 6.36. The molecule has 36 heavy (non-hydrogen) atoms. The predicted molar refractivity (Wildman–Crippen MR) is 141 cm³/mol. The van der Waals surface area contributed by atoms with Gasteiger partial charge in [0.1, 0.15) is 18.3 Å². The zero-order valence-corrected chi connectivity index (χ0v) is 20.9. The minimum Gasteiger partial charge on any atom is -0.456 e. The molecule has 0 bridgehead atoms. The Morgan fingerprint density at radius 3 is 2.28 bits per heavy atom. The molecule has 6 rings (SSSR count). The second-order valence-corrected chi connectivity index (χ2v) is 8.40. The van der Waals surface area contributed by atoms with Crippen molar-refractivity contribution in [1.29, 1.82) is 0 Å². The van der Waals surface area contributed by atoms with Crippen LogP contribution in [0.4, 0.5) is 0 Å². The lowest BCUT2D eigenvalue weighted by atomic mass is 10.0. The third kappa shape index (κ3) is 5.08. The first-order chi connectivity index (χ1) is 17.7. The summed E-state index contributed by atoms with van der Waals surface area (Å²) in [5, 5.41) is 10.4. The van der Waals surface area contributed by atoms with Crippen LogP contribution >= 0.6 is 11.6 Å². The van der Waals surface area contributed by atoms with Crippen LogP contribution in [0.1, 0.15) is 13.8 Å². The van der Waals surface area contributed by atoms with Crippen molar-refractivity contribution in [2.75, 3.05) is 13.2 Å². The van der Waals surface area contributed by atoms with Crippen LogP contribution in [0.2, 0.25) is 5.02 Å². The van der Waals surface area contributed by atoms with Gasteiger partial charge in [-0.1, -0.05) is 80.0 Å². The van der Waals surface area contributed by atoms with Crippen LogP contribution in [0, 0.1) is 12.8 Å². The number of rotatable bonds is 4. The Morgan fingerprint density at radius 1 is 0.917 bits per heavy atom. The summed E-state index contributed by atoms with van der Waals surface area (Å²) in [4.78, 5) is 12.3. The Kier molecular flexibility index (Phi) is 8.24. The number of nitrogens with one attached hydrogen (secondary N) is 1. The van der Waals surface area contributed by atoms with Gasteiger partial charge in [-0.05, 0) is 17.2 Å². The highest BCUT2D eigenvalue weighted by molar-refractivity contribution is 6.33. The van der Waals surface area contributed by atoms with Crippen LogP contribution in [-0.2, 0) is 9.47 Å². The molecule has 0 radical (unpaired) electrons. The molecule has 0 aliphatic carbocycles. The van der Waals surface area contributed by atoms with E-state index < -0.39 is 6.10 Å². The summed E-state index contributed by atoms with van der Waals surface area (Å²) in [5.41, 5.74) is 5.02. The molecule has 4 heterocycles. The number of hydrogen-bond acceptors (Lipinski definition) is 6. The zero-order chi connectivity index (χ0) is 25.7. The van der Waals surface area contributed by atoms with E-state index in [1.165, 1.54) is 0 Å². The summed E-state index contributed by atoms with van der Waals surface area (Å²) < 4.78 is 17.2. The quantitative estimate of drug-likeness (QED) is 0.374. The highest BCUT2D eigenvalue weighted by atomic mass is 35.5. The molecule has 2 aliphatic heterocycles. The lowest BCUT2D eigenvalue weighted by molar-refractivity contribution is 0.00706. The highest BCUT2D eigenvalue weighted by Crippen LogP contribution is 2.33. The normalized spacial score (nSPS) is 22.2. The molecule has 2 N–H and O–H groups in total. The molecule has 0 saturated carbocycles. The van der Waals surface area contributed by atoms with Gasteiger partial charge in [0.2, 0.25) is 0 Å². The topological polar surface area (TPSA) is 89.5 Å². The molecule has 186 valence electrons. The fourth-order valence-corrected chi connectivity index (χ4v) is 4.55. The maximum absolute atomic E-state index is 9.90. The maximum atomic E-state index is 9.90. The number of imidazole rings is 1. The third-order valence-corrected chi connectivity index (χ3v) is 6.20. The number of aromatic nitrogens is 3. The van der Waals surface area contributed by atoms with Crippen LogP contribution in [0.15, 0.2) is 60.7 Å². The number of pyridine rings is 1. The van der Waals surface area contributed by atoms with Crippen molar-refractivity contribution in [2.45, 2.75) is 38.3 Å². The lowest BCUT2D eigenvalue weighted by Gasteiger charge is -2.15. The average molecular weight is 506 g/mol. The van der Waals surface area contributed by atoms with E-state index in [2.05, 4.69) is 52.1 Å². The van der Waals surface area contributed by atoms with Crippen LogP contribution in [0.25, 0.3) is 33.5 Å². The molecule has 7 nitrogen and oxygen atoms in total. The molecule has 2 saturated heterocycles. The van der Waals surface area contributed by atoms with Gasteiger partial charge in [-0.2, -0.15) is 4.98 Å². The molecule has 0 unspecified atom stereocenters. The fourth-order valence-electron chi connectivity index (χ4n) is 4.29. The van der Waals surface area contributed by atoms with Crippen molar-refractivity contribution in [3.63, 3.8) is 0 Å². The Labute approximate surface area is 215 Å². The summed E-state index contributed by atoms with van der Waals surface area (Å²) in [7, 11) is 0. The van der Waals surface area contributed by atoms with Crippen molar-refractivity contribution in [1.82, 2.24) is 15.0 Å². The molecule has 8 heteroatoms. The number of nitrogens with zero attached hydrogens (tertiary/aromatic N) is 2. The van der Waals surface area contributed by atoms with E-state index in [1.807, 2.05) is 44.2 Å². The molecule has 2 aliphatic rings. The van der Waals surface area contributed by atoms with Gasteiger partial charge in [-0.25, -0.2) is 4.98 Å². The molecular formula is C28H28ClN3O4. The molecule has 2 aromatic heterocycles. The van der Waals surface area contributed by atoms with Gasteiger partial charge in [-0.3, -0.25) is 0 Å².